The number of aromatic nitrogens is 2. The fourth-order valence-corrected chi connectivity index (χ4v) is 3.04. The second-order valence-electron chi connectivity index (χ2n) is 6.57. The van der Waals surface area contributed by atoms with Crippen molar-refractivity contribution >= 4 is 10.9 Å². The standard InChI is InChI=1S/C23H20N2O2/c1-16-7-9-18(10-8-16)23(26)19-11-20-13-24-15-25-22(20)21(12-19)27-14-17-5-3-2-4-6-17/h2-13,15,23,26H,14H2,1H3. The molecule has 4 nitrogen and oxygen atoms in total. The number of nitrogens with zero attached hydrogens (tertiary/aromatic N) is 2. The van der Waals surface area contributed by atoms with E-state index in [4.69, 9.17) is 4.74 Å². The minimum atomic E-state index is -0.741. The van der Waals surface area contributed by atoms with Crippen LogP contribution in [0.3, 0.4) is 0 Å². The molecule has 0 aliphatic rings. The molecule has 4 heteroatoms. The number of rotatable bonds is 5. The fourth-order valence-electron chi connectivity index (χ4n) is 3.04. The summed E-state index contributed by atoms with van der Waals surface area (Å²) >= 11 is 0. The first-order valence-electron chi connectivity index (χ1n) is 8.86. The lowest BCUT2D eigenvalue weighted by Crippen LogP contribution is -2.03. The molecule has 4 aromatic rings. The van der Waals surface area contributed by atoms with Gasteiger partial charge in [0.15, 0.2) is 0 Å². The number of fused-ring (bicyclic) bond motifs is 1. The summed E-state index contributed by atoms with van der Waals surface area (Å²) in [5.41, 5.74) is 4.56. The molecule has 0 radical (unpaired) electrons. The smallest absolute Gasteiger partial charge is 0.146 e. The maximum absolute atomic E-state index is 10.9. The monoisotopic (exact) mass is 356 g/mol. The first-order chi connectivity index (χ1) is 13.2. The van der Waals surface area contributed by atoms with E-state index in [-0.39, 0.29) is 0 Å². The van der Waals surface area contributed by atoms with Crippen LogP contribution in [0.1, 0.15) is 28.4 Å². The SMILES string of the molecule is Cc1ccc(C(O)c2cc(OCc3ccccc3)c3ncncc3c2)cc1. The average Bonchev–Trinajstić information content (AvgIpc) is 2.72. The summed E-state index contributed by atoms with van der Waals surface area (Å²) in [7, 11) is 0. The largest absolute Gasteiger partial charge is 0.487 e. The first kappa shape index (κ1) is 17.2. The lowest BCUT2D eigenvalue weighted by atomic mass is 9.99. The van der Waals surface area contributed by atoms with Crippen molar-refractivity contribution in [2.24, 2.45) is 0 Å². The topological polar surface area (TPSA) is 55.2 Å². The third-order valence-electron chi connectivity index (χ3n) is 4.54. The van der Waals surface area contributed by atoms with Gasteiger partial charge in [0, 0.05) is 11.6 Å². The number of aryl methyl sites for hydroxylation is 1. The molecule has 1 N–H and O–H groups in total. The molecule has 134 valence electrons. The molecule has 1 heterocycles. The summed E-state index contributed by atoms with van der Waals surface area (Å²) in [5, 5.41) is 11.7. The third-order valence-corrected chi connectivity index (χ3v) is 4.54. The molecule has 27 heavy (non-hydrogen) atoms. The van der Waals surface area contributed by atoms with E-state index >= 15 is 0 Å². The Hall–Kier alpha value is -3.24. The zero-order valence-corrected chi connectivity index (χ0v) is 15.0. The number of ether oxygens (including phenoxy) is 1. The quantitative estimate of drug-likeness (QED) is 0.568. The summed E-state index contributed by atoms with van der Waals surface area (Å²) in [6.45, 7) is 2.46. The van der Waals surface area contributed by atoms with Crippen molar-refractivity contribution < 1.29 is 9.84 Å². The van der Waals surface area contributed by atoms with Crippen LogP contribution in [-0.2, 0) is 6.61 Å². The molecule has 1 atom stereocenters. The molecular weight excluding hydrogens is 336 g/mol. The van der Waals surface area contributed by atoms with E-state index in [2.05, 4.69) is 9.97 Å². The molecule has 4 rings (SSSR count). The Morgan fingerprint density at radius 1 is 0.963 bits per heavy atom. The highest BCUT2D eigenvalue weighted by Crippen LogP contribution is 2.31. The number of hydrogen-bond acceptors (Lipinski definition) is 4. The number of aliphatic hydroxyl groups is 1. The predicted molar refractivity (Wildman–Crippen MR) is 106 cm³/mol. The lowest BCUT2D eigenvalue weighted by Gasteiger charge is -2.15. The molecular formula is C23H20N2O2. The molecule has 0 bridgehead atoms. The van der Waals surface area contributed by atoms with Crippen molar-refractivity contribution in [3.05, 3.63) is 102 Å². The van der Waals surface area contributed by atoms with E-state index in [0.717, 1.165) is 33.2 Å². The van der Waals surface area contributed by atoms with Crippen molar-refractivity contribution in [2.75, 3.05) is 0 Å². The van der Waals surface area contributed by atoms with E-state index in [1.165, 1.54) is 6.33 Å². The number of benzene rings is 3. The minimum Gasteiger partial charge on any atom is -0.487 e. The van der Waals surface area contributed by atoms with Crippen LogP contribution in [0.2, 0.25) is 0 Å². The highest BCUT2D eigenvalue weighted by Gasteiger charge is 2.15. The Balaban J connectivity index is 1.70. The van der Waals surface area contributed by atoms with Crippen LogP contribution in [0, 0.1) is 6.92 Å². The van der Waals surface area contributed by atoms with Gasteiger partial charge < -0.3 is 9.84 Å². The van der Waals surface area contributed by atoms with Gasteiger partial charge in [-0.3, -0.25) is 0 Å². The zero-order valence-electron chi connectivity index (χ0n) is 15.0. The molecule has 0 fully saturated rings. The normalized spacial score (nSPS) is 12.1. The second-order valence-corrected chi connectivity index (χ2v) is 6.57. The molecule has 0 saturated heterocycles. The minimum absolute atomic E-state index is 0.435. The highest BCUT2D eigenvalue weighted by atomic mass is 16.5. The van der Waals surface area contributed by atoms with E-state index in [1.54, 1.807) is 6.20 Å². The lowest BCUT2D eigenvalue weighted by molar-refractivity contribution is 0.219. The van der Waals surface area contributed by atoms with E-state index in [1.807, 2.05) is 73.7 Å². The predicted octanol–water partition coefficient (Wildman–Crippen LogP) is 4.60. The number of hydrogen-bond donors (Lipinski definition) is 1. The Morgan fingerprint density at radius 2 is 1.74 bits per heavy atom. The summed E-state index contributed by atoms with van der Waals surface area (Å²) in [4.78, 5) is 8.47. The van der Waals surface area contributed by atoms with Crippen molar-refractivity contribution in [1.29, 1.82) is 0 Å². The molecule has 0 saturated carbocycles. The van der Waals surface area contributed by atoms with Gasteiger partial charge in [0.1, 0.15) is 30.3 Å². The maximum atomic E-state index is 10.9. The third kappa shape index (κ3) is 3.81. The van der Waals surface area contributed by atoms with Gasteiger partial charge in [-0.25, -0.2) is 9.97 Å². The summed E-state index contributed by atoms with van der Waals surface area (Å²) < 4.78 is 6.05. The summed E-state index contributed by atoms with van der Waals surface area (Å²) in [6.07, 6.45) is 2.51. The molecule has 1 aromatic heterocycles. The van der Waals surface area contributed by atoms with Gasteiger partial charge in [-0.2, -0.15) is 0 Å². The second kappa shape index (κ2) is 7.56. The molecule has 3 aromatic carbocycles. The Bertz CT molecular complexity index is 1050. The first-order valence-corrected chi connectivity index (χ1v) is 8.86. The van der Waals surface area contributed by atoms with Crippen LogP contribution in [-0.4, -0.2) is 15.1 Å². The Morgan fingerprint density at radius 3 is 2.52 bits per heavy atom. The zero-order chi connectivity index (χ0) is 18.6. The molecule has 0 amide bonds. The average molecular weight is 356 g/mol. The molecule has 1 unspecified atom stereocenters. The van der Waals surface area contributed by atoms with Crippen LogP contribution < -0.4 is 4.74 Å². The van der Waals surface area contributed by atoms with Gasteiger partial charge in [-0.05, 0) is 35.7 Å². The van der Waals surface area contributed by atoms with Gasteiger partial charge in [0.2, 0.25) is 0 Å². The summed E-state index contributed by atoms with van der Waals surface area (Å²) in [6, 6.07) is 21.6. The van der Waals surface area contributed by atoms with E-state index in [9.17, 15) is 5.11 Å². The maximum Gasteiger partial charge on any atom is 0.146 e. The van der Waals surface area contributed by atoms with Crippen molar-refractivity contribution in [3.8, 4) is 5.75 Å². The van der Waals surface area contributed by atoms with Crippen molar-refractivity contribution in [3.63, 3.8) is 0 Å². The van der Waals surface area contributed by atoms with Gasteiger partial charge in [0.05, 0.1) is 0 Å². The Labute approximate surface area is 158 Å². The van der Waals surface area contributed by atoms with Gasteiger partial charge >= 0.3 is 0 Å². The molecule has 0 aliphatic carbocycles. The number of aliphatic hydroxyl groups excluding tert-OH is 1. The van der Waals surface area contributed by atoms with Crippen LogP contribution in [0.5, 0.6) is 5.75 Å². The van der Waals surface area contributed by atoms with Crippen molar-refractivity contribution in [1.82, 2.24) is 9.97 Å². The van der Waals surface area contributed by atoms with Crippen LogP contribution in [0.4, 0.5) is 0 Å². The van der Waals surface area contributed by atoms with Gasteiger partial charge in [-0.1, -0.05) is 60.2 Å². The molecule has 0 spiro atoms. The van der Waals surface area contributed by atoms with Crippen LogP contribution in [0.15, 0.2) is 79.3 Å². The van der Waals surface area contributed by atoms with Gasteiger partial charge in [0.25, 0.3) is 0 Å². The summed E-state index contributed by atoms with van der Waals surface area (Å²) in [5.74, 6) is 0.639. The Kier molecular flexibility index (Phi) is 4.81. The van der Waals surface area contributed by atoms with E-state index < -0.39 is 6.10 Å². The fraction of sp³-hybridized carbons (Fsp3) is 0.130. The van der Waals surface area contributed by atoms with Crippen LogP contribution in [0.25, 0.3) is 10.9 Å². The van der Waals surface area contributed by atoms with Gasteiger partial charge in [-0.15, -0.1) is 0 Å². The highest BCUT2D eigenvalue weighted by molar-refractivity contribution is 5.84. The van der Waals surface area contributed by atoms with Crippen molar-refractivity contribution in [2.45, 2.75) is 19.6 Å². The van der Waals surface area contributed by atoms with E-state index in [0.29, 0.717) is 12.4 Å². The molecule has 0 aliphatic heterocycles. The van der Waals surface area contributed by atoms with Crippen LogP contribution >= 0.6 is 0 Å².